The zero-order valence-electron chi connectivity index (χ0n) is 33.9. The molecule has 14 nitrogen and oxygen atoms in total. The van der Waals surface area contributed by atoms with E-state index in [1.54, 1.807) is 12.2 Å². The Morgan fingerprint density at radius 3 is 2.02 bits per heavy atom. The molecule has 0 amide bonds. The first-order valence-electron chi connectivity index (χ1n) is 21.0. The van der Waals surface area contributed by atoms with E-state index in [-0.39, 0.29) is 31.0 Å². The Kier molecular flexibility index (Phi) is 29.0. The number of ether oxygens (including phenoxy) is 2. The molecule has 6 N–H and O–H groups in total. The quantitative estimate of drug-likeness (QED) is 0.0184. The Morgan fingerprint density at radius 2 is 1.39 bits per heavy atom. The Hall–Kier alpha value is -2.45. The number of carboxylic acid groups (broad SMARTS) is 1. The van der Waals surface area contributed by atoms with Gasteiger partial charge in [0.15, 0.2) is 6.10 Å². The van der Waals surface area contributed by atoms with Gasteiger partial charge in [0.05, 0.1) is 25.4 Å². The molecule has 0 spiro atoms. The summed E-state index contributed by atoms with van der Waals surface area (Å²) in [5, 5.41) is 29.6. The predicted molar refractivity (Wildman–Crippen MR) is 213 cm³/mol. The molecular weight excluding hydrogens is 745 g/mol. The summed E-state index contributed by atoms with van der Waals surface area (Å²) in [5.41, 5.74) is 5.32. The monoisotopic (exact) mass is 817 g/mol. The van der Waals surface area contributed by atoms with E-state index < -0.39 is 75.8 Å². The second-order valence-corrected chi connectivity index (χ2v) is 16.4. The topological polar surface area (TPSA) is 229 Å². The van der Waals surface area contributed by atoms with Gasteiger partial charge in [-0.25, -0.2) is 4.57 Å². The smallest absolute Gasteiger partial charge is 0.472 e. The number of phosphoric ester groups is 1. The van der Waals surface area contributed by atoms with Crippen molar-refractivity contribution in [3.63, 3.8) is 0 Å². The van der Waals surface area contributed by atoms with Crippen molar-refractivity contribution >= 4 is 31.5 Å². The molecule has 1 aliphatic carbocycles. The van der Waals surface area contributed by atoms with Crippen LogP contribution >= 0.6 is 7.82 Å². The van der Waals surface area contributed by atoms with E-state index in [1.165, 1.54) is 51.4 Å². The van der Waals surface area contributed by atoms with Crippen LogP contribution in [-0.4, -0.2) is 88.1 Å². The van der Waals surface area contributed by atoms with Gasteiger partial charge in [0.1, 0.15) is 18.4 Å². The van der Waals surface area contributed by atoms with E-state index in [2.05, 4.69) is 18.4 Å². The summed E-state index contributed by atoms with van der Waals surface area (Å²) >= 11 is 0. The van der Waals surface area contributed by atoms with Crippen LogP contribution in [0.1, 0.15) is 155 Å². The summed E-state index contributed by atoms with van der Waals surface area (Å²) in [5.74, 6) is -3.43. The molecule has 7 atom stereocenters. The molecular formula is C41H72NO13P. The number of hydrogen-bond acceptors (Lipinski definition) is 12. The molecule has 0 saturated heterocycles. The fraction of sp³-hybridized carbons (Fsp3) is 0.805. The molecule has 15 heteroatoms. The number of carbonyl (C=O) groups excluding carboxylic acids is 3. The van der Waals surface area contributed by atoms with E-state index in [0.29, 0.717) is 32.1 Å². The normalized spacial score (nSPS) is 20.0. The molecule has 1 unspecified atom stereocenters. The maximum atomic E-state index is 12.7. The highest BCUT2D eigenvalue weighted by Gasteiger charge is 2.39. The zero-order valence-corrected chi connectivity index (χ0v) is 34.8. The van der Waals surface area contributed by atoms with Crippen molar-refractivity contribution in [2.75, 3.05) is 19.8 Å². The summed E-state index contributed by atoms with van der Waals surface area (Å²) in [4.78, 5) is 58.6. The van der Waals surface area contributed by atoms with Crippen molar-refractivity contribution in [3.8, 4) is 0 Å². The van der Waals surface area contributed by atoms with Crippen molar-refractivity contribution in [1.82, 2.24) is 0 Å². The minimum Gasteiger partial charge on any atom is -0.480 e. The van der Waals surface area contributed by atoms with Gasteiger partial charge in [-0.15, -0.1) is 0 Å². The number of aliphatic hydroxyl groups is 2. The first kappa shape index (κ1) is 51.6. The largest absolute Gasteiger partial charge is 0.480 e. The minimum atomic E-state index is -4.79. The van der Waals surface area contributed by atoms with Crippen LogP contribution in [0.5, 0.6) is 0 Å². The number of esters is 2. The maximum absolute atomic E-state index is 12.7. The Morgan fingerprint density at radius 1 is 0.821 bits per heavy atom. The van der Waals surface area contributed by atoms with Gasteiger partial charge in [-0.1, -0.05) is 128 Å². The van der Waals surface area contributed by atoms with Gasteiger partial charge in [0.2, 0.25) is 0 Å². The Bertz CT molecular complexity index is 1210. The number of allylic oxidation sites excluding steroid dienone is 2. The fourth-order valence-corrected chi connectivity index (χ4v) is 7.18. The number of aliphatic hydroxyl groups excluding tert-OH is 2. The van der Waals surface area contributed by atoms with Gasteiger partial charge in [0, 0.05) is 31.1 Å². The van der Waals surface area contributed by atoms with Crippen molar-refractivity contribution in [2.45, 2.75) is 179 Å². The second-order valence-electron chi connectivity index (χ2n) is 14.9. The molecule has 324 valence electrons. The molecule has 1 rings (SSSR count). The van der Waals surface area contributed by atoms with Crippen LogP contribution in [-0.2, 0) is 42.3 Å². The lowest BCUT2D eigenvalue weighted by Crippen LogP contribution is -2.34. The van der Waals surface area contributed by atoms with Crippen molar-refractivity contribution in [1.29, 1.82) is 0 Å². The van der Waals surface area contributed by atoms with Gasteiger partial charge in [-0.3, -0.25) is 28.2 Å². The van der Waals surface area contributed by atoms with E-state index >= 15 is 0 Å². The van der Waals surface area contributed by atoms with Crippen LogP contribution in [0.4, 0.5) is 0 Å². The van der Waals surface area contributed by atoms with Crippen LogP contribution in [0.2, 0.25) is 0 Å². The molecule has 0 bridgehead atoms. The molecule has 0 aromatic rings. The van der Waals surface area contributed by atoms with E-state index in [9.17, 15) is 38.8 Å². The molecule has 1 aliphatic rings. The highest BCUT2D eigenvalue weighted by atomic mass is 31.2. The summed E-state index contributed by atoms with van der Waals surface area (Å²) < 4.78 is 32.6. The Labute approximate surface area is 334 Å². The number of nitrogens with two attached hydrogens (primary N) is 1. The van der Waals surface area contributed by atoms with Crippen LogP contribution in [0.25, 0.3) is 0 Å². The van der Waals surface area contributed by atoms with E-state index in [4.69, 9.17) is 24.8 Å². The van der Waals surface area contributed by atoms with Crippen LogP contribution < -0.4 is 5.73 Å². The van der Waals surface area contributed by atoms with E-state index in [0.717, 1.165) is 38.5 Å². The van der Waals surface area contributed by atoms with Gasteiger partial charge < -0.3 is 35.4 Å². The predicted octanol–water partition coefficient (Wildman–Crippen LogP) is 7.26. The lowest BCUT2D eigenvalue weighted by Gasteiger charge is -2.20. The van der Waals surface area contributed by atoms with Crippen LogP contribution in [0, 0.1) is 11.8 Å². The highest BCUT2D eigenvalue weighted by molar-refractivity contribution is 7.47. The number of carboxylic acids is 1. The number of unbranched alkanes of at least 4 members (excludes halogenated alkanes) is 14. The maximum Gasteiger partial charge on any atom is 0.472 e. The summed E-state index contributed by atoms with van der Waals surface area (Å²) in [6.07, 6.45) is 23.3. The number of hydrogen-bond donors (Lipinski definition) is 5. The third-order valence-electron chi connectivity index (χ3n) is 9.82. The molecule has 0 aromatic carbocycles. The standard InChI is InChI=1S/C41H72NO13P/c1-3-5-7-8-9-10-11-12-13-14-15-20-24-39(46)52-29-33(30-53-56(50,51)54-31-36(42)41(48)49)55-40(47)25-21-17-16-19-23-34-35(38(45)28-37(34)44)27-26-32(43)22-18-6-4-2/h16,19,26-27,32-36,38,43,45H,3-15,17-18,20-25,28-31,42H2,1-2H3,(H,48,49)(H,50,51)/b19-16-,27-26+/t32-,33+,34+,35+,36-,38+/m0/s1. The minimum absolute atomic E-state index is 0.0310. The number of phosphoric acid groups is 1. The summed E-state index contributed by atoms with van der Waals surface area (Å²) in [7, 11) is -4.79. The van der Waals surface area contributed by atoms with Crippen molar-refractivity contribution < 1.29 is 62.5 Å². The first-order valence-corrected chi connectivity index (χ1v) is 22.5. The van der Waals surface area contributed by atoms with Crippen LogP contribution in [0.3, 0.4) is 0 Å². The molecule has 56 heavy (non-hydrogen) atoms. The average Bonchev–Trinajstić information content (AvgIpc) is 3.43. The van der Waals surface area contributed by atoms with Crippen molar-refractivity contribution in [3.05, 3.63) is 24.3 Å². The first-order chi connectivity index (χ1) is 26.8. The summed E-state index contributed by atoms with van der Waals surface area (Å²) in [6.45, 7) is 2.41. The summed E-state index contributed by atoms with van der Waals surface area (Å²) in [6, 6.07) is -1.56. The molecule has 0 aliphatic heterocycles. The van der Waals surface area contributed by atoms with Crippen LogP contribution in [0.15, 0.2) is 24.3 Å². The lowest BCUT2D eigenvalue weighted by atomic mass is 9.90. The zero-order chi connectivity index (χ0) is 41.6. The van der Waals surface area contributed by atoms with Gasteiger partial charge in [-0.2, -0.15) is 0 Å². The number of aliphatic carboxylic acids is 1. The van der Waals surface area contributed by atoms with Gasteiger partial charge in [-0.05, 0) is 32.1 Å². The third kappa shape index (κ3) is 25.7. The lowest BCUT2D eigenvalue weighted by molar-refractivity contribution is -0.161. The molecule has 0 aromatic heterocycles. The number of ketones is 1. The second kappa shape index (κ2) is 31.5. The Balaban J connectivity index is 2.55. The van der Waals surface area contributed by atoms with E-state index in [1.807, 2.05) is 12.2 Å². The SMILES string of the molecule is CCCCCCCCCCCCCCC(=O)OC[C@H](COP(=O)(O)OC[C@H](N)C(=O)O)OC(=O)CCC/C=C\C[C@H]1C(=O)C[C@@H](O)[C@@H]1/C=C/[C@@H](O)CCCCC. The molecule has 1 saturated carbocycles. The molecule has 1 fully saturated rings. The molecule has 0 heterocycles. The number of carbonyl (C=O) groups is 4. The number of rotatable bonds is 35. The highest BCUT2D eigenvalue weighted by Crippen LogP contribution is 2.43. The average molecular weight is 818 g/mol. The van der Waals surface area contributed by atoms with Gasteiger partial charge in [0.25, 0.3) is 0 Å². The van der Waals surface area contributed by atoms with Gasteiger partial charge >= 0.3 is 25.7 Å². The van der Waals surface area contributed by atoms with Crippen molar-refractivity contribution in [2.24, 2.45) is 17.6 Å². The molecule has 0 radical (unpaired) electrons. The third-order valence-corrected chi connectivity index (χ3v) is 10.8. The fourth-order valence-electron chi connectivity index (χ4n) is 6.40. The number of Topliss-reactive ketones (excluding diaryl/α,β-unsaturated/α-hetero) is 1.